The van der Waals surface area contributed by atoms with Gasteiger partial charge < -0.3 is 5.11 Å². The second-order valence-electron chi connectivity index (χ2n) is 5.55. The first-order valence-electron chi connectivity index (χ1n) is 5.80. The van der Waals surface area contributed by atoms with Crippen LogP contribution >= 0.6 is 0 Å². The van der Waals surface area contributed by atoms with E-state index in [0.717, 1.165) is 12.8 Å². The Balaban J connectivity index is 2.46. The lowest BCUT2D eigenvalue weighted by atomic mass is 9.88. The van der Waals surface area contributed by atoms with Crippen LogP contribution in [0.25, 0.3) is 0 Å². The average molecular weight is 224 g/mol. The maximum Gasteiger partial charge on any atom is 0.126 e. The molecule has 1 aromatic carbocycles. The molecule has 0 fully saturated rings. The van der Waals surface area contributed by atoms with Gasteiger partial charge in [0.05, 0.1) is 6.10 Å². The van der Waals surface area contributed by atoms with E-state index >= 15 is 0 Å². The Morgan fingerprint density at radius 1 is 1.25 bits per heavy atom. The molecule has 0 radical (unpaired) electrons. The SMILES string of the molecule is CC(C)(C)CCC(O)Cc1ccccc1F. The van der Waals surface area contributed by atoms with E-state index in [1.165, 1.54) is 6.07 Å². The normalized spacial score (nSPS) is 13.8. The maximum atomic E-state index is 13.3. The predicted molar refractivity (Wildman–Crippen MR) is 64.8 cm³/mol. The number of rotatable bonds is 4. The van der Waals surface area contributed by atoms with Gasteiger partial charge in [0.1, 0.15) is 5.82 Å². The topological polar surface area (TPSA) is 20.2 Å². The van der Waals surface area contributed by atoms with Crippen LogP contribution in [0.5, 0.6) is 0 Å². The number of hydrogen-bond acceptors (Lipinski definition) is 1. The molecule has 1 atom stereocenters. The largest absolute Gasteiger partial charge is 0.393 e. The fourth-order valence-electron chi connectivity index (χ4n) is 1.62. The Morgan fingerprint density at radius 3 is 2.44 bits per heavy atom. The lowest BCUT2D eigenvalue weighted by Gasteiger charge is -2.20. The van der Waals surface area contributed by atoms with E-state index in [1.54, 1.807) is 18.2 Å². The molecule has 2 heteroatoms. The van der Waals surface area contributed by atoms with Crippen LogP contribution in [0.3, 0.4) is 0 Å². The standard InChI is InChI=1S/C14H21FO/c1-14(2,3)9-8-12(16)10-11-6-4-5-7-13(11)15/h4-7,12,16H,8-10H2,1-3H3. The van der Waals surface area contributed by atoms with Crippen molar-refractivity contribution in [1.82, 2.24) is 0 Å². The smallest absolute Gasteiger partial charge is 0.126 e. The second kappa shape index (κ2) is 5.44. The summed E-state index contributed by atoms with van der Waals surface area (Å²) in [5.41, 5.74) is 0.819. The first-order valence-corrected chi connectivity index (χ1v) is 5.80. The van der Waals surface area contributed by atoms with Crippen molar-refractivity contribution < 1.29 is 9.50 Å². The van der Waals surface area contributed by atoms with Crippen LogP contribution in [0.1, 0.15) is 39.2 Å². The third-order valence-electron chi connectivity index (χ3n) is 2.64. The summed E-state index contributed by atoms with van der Waals surface area (Å²) >= 11 is 0. The van der Waals surface area contributed by atoms with Crippen LogP contribution in [0.4, 0.5) is 4.39 Å². The van der Waals surface area contributed by atoms with E-state index in [9.17, 15) is 9.50 Å². The van der Waals surface area contributed by atoms with Gasteiger partial charge in [-0.25, -0.2) is 4.39 Å². The zero-order chi connectivity index (χ0) is 12.2. The summed E-state index contributed by atoms with van der Waals surface area (Å²) in [4.78, 5) is 0. The average Bonchev–Trinajstić information content (AvgIpc) is 2.18. The van der Waals surface area contributed by atoms with E-state index in [1.807, 2.05) is 0 Å². The minimum absolute atomic E-state index is 0.218. The minimum atomic E-state index is -0.448. The summed E-state index contributed by atoms with van der Waals surface area (Å²) in [6.07, 6.45) is 1.62. The van der Waals surface area contributed by atoms with Crippen LogP contribution in [-0.4, -0.2) is 11.2 Å². The molecular weight excluding hydrogens is 203 g/mol. The molecule has 0 bridgehead atoms. The van der Waals surface area contributed by atoms with Crippen LogP contribution < -0.4 is 0 Å². The lowest BCUT2D eigenvalue weighted by Crippen LogP contribution is -2.15. The summed E-state index contributed by atoms with van der Waals surface area (Å²) < 4.78 is 13.3. The molecule has 1 N–H and O–H groups in total. The zero-order valence-electron chi connectivity index (χ0n) is 10.3. The van der Waals surface area contributed by atoms with E-state index in [-0.39, 0.29) is 11.2 Å². The van der Waals surface area contributed by atoms with E-state index in [0.29, 0.717) is 12.0 Å². The van der Waals surface area contributed by atoms with Crippen LogP contribution in [0.15, 0.2) is 24.3 Å². The fourth-order valence-corrected chi connectivity index (χ4v) is 1.62. The van der Waals surface area contributed by atoms with Crippen molar-refractivity contribution in [2.24, 2.45) is 5.41 Å². The van der Waals surface area contributed by atoms with Crippen molar-refractivity contribution >= 4 is 0 Å². The molecule has 0 heterocycles. The zero-order valence-corrected chi connectivity index (χ0v) is 10.3. The van der Waals surface area contributed by atoms with Gasteiger partial charge in [0.25, 0.3) is 0 Å². The van der Waals surface area contributed by atoms with Crippen molar-refractivity contribution in [1.29, 1.82) is 0 Å². The van der Waals surface area contributed by atoms with Gasteiger partial charge in [-0.3, -0.25) is 0 Å². The van der Waals surface area contributed by atoms with Crippen molar-refractivity contribution in [3.8, 4) is 0 Å². The first-order chi connectivity index (χ1) is 7.38. The van der Waals surface area contributed by atoms with Crippen LogP contribution in [0.2, 0.25) is 0 Å². The second-order valence-corrected chi connectivity index (χ2v) is 5.55. The number of aliphatic hydroxyl groups is 1. The Labute approximate surface area is 97.3 Å². The molecule has 90 valence electrons. The molecule has 0 aliphatic carbocycles. The van der Waals surface area contributed by atoms with Crippen molar-refractivity contribution in [2.75, 3.05) is 0 Å². The summed E-state index contributed by atoms with van der Waals surface area (Å²) in [6, 6.07) is 6.64. The molecule has 0 amide bonds. The molecule has 0 aliphatic rings. The molecule has 16 heavy (non-hydrogen) atoms. The molecule has 1 unspecified atom stereocenters. The van der Waals surface area contributed by atoms with Gasteiger partial charge in [0, 0.05) is 6.42 Å². The highest BCUT2D eigenvalue weighted by atomic mass is 19.1. The number of hydrogen-bond donors (Lipinski definition) is 1. The van der Waals surface area contributed by atoms with Crippen molar-refractivity contribution in [3.05, 3.63) is 35.6 Å². The van der Waals surface area contributed by atoms with Gasteiger partial charge in [-0.2, -0.15) is 0 Å². The quantitative estimate of drug-likeness (QED) is 0.829. The molecular formula is C14H21FO. The van der Waals surface area contributed by atoms with E-state index < -0.39 is 6.10 Å². The lowest BCUT2D eigenvalue weighted by molar-refractivity contribution is 0.145. The van der Waals surface area contributed by atoms with Gasteiger partial charge in [-0.1, -0.05) is 39.0 Å². The monoisotopic (exact) mass is 224 g/mol. The number of halogens is 1. The first kappa shape index (κ1) is 13.2. The number of benzene rings is 1. The van der Waals surface area contributed by atoms with Gasteiger partial charge in [0.15, 0.2) is 0 Å². The van der Waals surface area contributed by atoms with Crippen molar-refractivity contribution in [2.45, 2.75) is 46.1 Å². The third-order valence-corrected chi connectivity index (χ3v) is 2.64. The summed E-state index contributed by atoms with van der Waals surface area (Å²) in [5, 5.41) is 9.82. The Bertz CT molecular complexity index is 328. The predicted octanol–water partition coefficient (Wildman–Crippen LogP) is 3.56. The fraction of sp³-hybridized carbons (Fsp3) is 0.571. The third kappa shape index (κ3) is 4.75. The molecule has 0 aliphatic heterocycles. The highest BCUT2D eigenvalue weighted by molar-refractivity contribution is 5.17. The van der Waals surface area contributed by atoms with Crippen LogP contribution in [-0.2, 0) is 6.42 Å². The van der Waals surface area contributed by atoms with E-state index in [4.69, 9.17) is 0 Å². The molecule has 1 aromatic rings. The van der Waals surface area contributed by atoms with Gasteiger partial charge >= 0.3 is 0 Å². The van der Waals surface area contributed by atoms with Gasteiger partial charge in [-0.05, 0) is 29.9 Å². The van der Waals surface area contributed by atoms with Gasteiger partial charge in [-0.15, -0.1) is 0 Å². The highest BCUT2D eigenvalue weighted by Gasteiger charge is 2.14. The Morgan fingerprint density at radius 2 is 1.88 bits per heavy atom. The molecule has 0 spiro atoms. The minimum Gasteiger partial charge on any atom is -0.393 e. The molecule has 0 aromatic heterocycles. The summed E-state index contributed by atoms with van der Waals surface area (Å²) in [5.74, 6) is -0.225. The molecule has 1 rings (SSSR count). The Hall–Kier alpha value is -0.890. The highest BCUT2D eigenvalue weighted by Crippen LogP contribution is 2.22. The Kier molecular flexibility index (Phi) is 4.48. The maximum absolute atomic E-state index is 13.3. The molecule has 1 nitrogen and oxygen atoms in total. The van der Waals surface area contributed by atoms with E-state index in [2.05, 4.69) is 20.8 Å². The summed E-state index contributed by atoms with van der Waals surface area (Å²) in [7, 11) is 0. The van der Waals surface area contributed by atoms with Crippen LogP contribution in [0, 0.1) is 11.2 Å². The van der Waals surface area contributed by atoms with Gasteiger partial charge in [0.2, 0.25) is 0 Å². The molecule has 0 saturated heterocycles. The summed E-state index contributed by atoms with van der Waals surface area (Å²) in [6.45, 7) is 6.43. The van der Waals surface area contributed by atoms with Crippen molar-refractivity contribution in [3.63, 3.8) is 0 Å². The molecule has 0 saturated carbocycles. The number of aliphatic hydroxyl groups excluding tert-OH is 1.